The SMILES string of the molecule is CC(C)SC(=S)c1ccccc1C#N. The van der Waals surface area contributed by atoms with Gasteiger partial charge in [-0.2, -0.15) is 5.26 Å². The van der Waals surface area contributed by atoms with E-state index in [1.807, 2.05) is 18.2 Å². The van der Waals surface area contributed by atoms with Crippen LogP contribution in [0.2, 0.25) is 0 Å². The summed E-state index contributed by atoms with van der Waals surface area (Å²) in [6, 6.07) is 9.60. The Morgan fingerprint density at radius 3 is 2.64 bits per heavy atom. The summed E-state index contributed by atoms with van der Waals surface area (Å²) in [7, 11) is 0. The number of hydrogen-bond donors (Lipinski definition) is 0. The van der Waals surface area contributed by atoms with Crippen LogP contribution in [0, 0.1) is 11.3 Å². The first-order valence-corrected chi connectivity index (χ1v) is 5.64. The minimum atomic E-state index is 0.453. The molecular formula is C11H11NS2. The first-order chi connectivity index (χ1) is 6.65. The average Bonchev–Trinajstić information content (AvgIpc) is 2.16. The van der Waals surface area contributed by atoms with Crippen molar-refractivity contribution in [2.24, 2.45) is 0 Å². The molecule has 0 atom stereocenters. The lowest BCUT2D eigenvalue weighted by Crippen LogP contribution is -2.00. The van der Waals surface area contributed by atoms with Crippen molar-refractivity contribution < 1.29 is 0 Å². The molecule has 0 fully saturated rings. The zero-order valence-electron chi connectivity index (χ0n) is 8.15. The molecule has 72 valence electrons. The Morgan fingerprint density at radius 1 is 1.43 bits per heavy atom. The van der Waals surface area contributed by atoms with Crippen molar-refractivity contribution in [2.45, 2.75) is 19.1 Å². The lowest BCUT2D eigenvalue weighted by atomic mass is 10.1. The fourth-order valence-corrected chi connectivity index (χ4v) is 2.52. The Bertz CT molecular complexity index is 377. The number of nitrogens with zero attached hydrogens (tertiary/aromatic N) is 1. The molecule has 0 spiro atoms. The summed E-state index contributed by atoms with van der Waals surface area (Å²) in [6.07, 6.45) is 0. The highest BCUT2D eigenvalue weighted by molar-refractivity contribution is 8.24. The number of thioether (sulfide) groups is 1. The topological polar surface area (TPSA) is 23.8 Å². The van der Waals surface area contributed by atoms with Gasteiger partial charge in [-0.15, -0.1) is 11.8 Å². The molecule has 0 heterocycles. The number of rotatable bonds is 2. The van der Waals surface area contributed by atoms with Crippen molar-refractivity contribution in [2.75, 3.05) is 0 Å². The number of nitriles is 1. The highest BCUT2D eigenvalue weighted by Gasteiger charge is 2.08. The molecule has 1 aromatic rings. The van der Waals surface area contributed by atoms with Crippen LogP contribution in [-0.4, -0.2) is 9.45 Å². The van der Waals surface area contributed by atoms with Gasteiger partial charge in [0.25, 0.3) is 0 Å². The van der Waals surface area contributed by atoms with Crippen LogP contribution >= 0.6 is 24.0 Å². The molecule has 1 rings (SSSR count). The third kappa shape index (κ3) is 2.83. The Morgan fingerprint density at radius 2 is 2.07 bits per heavy atom. The van der Waals surface area contributed by atoms with Crippen LogP contribution in [0.3, 0.4) is 0 Å². The molecule has 0 saturated heterocycles. The second-order valence-corrected chi connectivity index (χ2v) is 5.36. The molecule has 0 aromatic heterocycles. The predicted octanol–water partition coefficient (Wildman–Crippen LogP) is 3.38. The van der Waals surface area contributed by atoms with Gasteiger partial charge in [0.15, 0.2) is 0 Å². The summed E-state index contributed by atoms with van der Waals surface area (Å²) in [6.45, 7) is 4.18. The molecular weight excluding hydrogens is 210 g/mol. The van der Waals surface area contributed by atoms with Gasteiger partial charge < -0.3 is 0 Å². The van der Waals surface area contributed by atoms with E-state index >= 15 is 0 Å². The van der Waals surface area contributed by atoms with Crippen LogP contribution < -0.4 is 0 Å². The third-order valence-electron chi connectivity index (χ3n) is 1.61. The van der Waals surface area contributed by atoms with E-state index in [-0.39, 0.29) is 0 Å². The van der Waals surface area contributed by atoms with Gasteiger partial charge in [0.2, 0.25) is 0 Å². The predicted molar refractivity (Wildman–Crippen MR) is 65.6 cm³/mol. The Labute approximate surface area is 94.1 Å². The number of hydrogen-bond acceptors (Lipinski definition) is 3. The van der Waals surface area contributed by atoms with E-state index in [1.54, 1.807) is 17.8 Å². The van der Waals surface area contributed by atoms with E-state index < -0.39 is 0 Å². The molecule has 0 saturated carbocycles. The summed E-state index contributed by atoms with van der Waals surface area (Å²) in [5.41, 5.74) is 1.54. The van der Waals surface area contributed by atoms with Crippen LogP contribution in [0.1, 0.15) is 25.0 Å². The van der Waals surface area contributed by atoms with Gasteiger partial charge in [0.05, 0.1) is 15.8 Å². The van der Waals surface area contributed by atoms with E-state index in [0.717, 1.165) is 9.76 Å². The molecule has 0 N–H and O–H groups in total. The highest BCUT2D eigenvalue weighted by atomic mass is 32.2. The number of thiocarbonyl (C=S) groups is 1. The molecule has 14 heavy (non-hydrogen) atoms. The molecule has 0 aliphatic rings. The molecule has 3 heteroatoms. The van der Waals surface area contributed by atoms with Gasteiger partial charge in [0.1, 0.15) is 0 Å². The van der Waals surface area contributed by atoms with E-state index in [4.69, 9.17) is 17.5 Å². The summed E-state index contributed by atoms with van der Waals surface area (Å²) in [4.78, 5) is 0. The van der Waals surface area contributed by atoms with E-state index in [9.17, 15) is 0 Å². The summed E-state index contributed by atoms with van der Waals surface area (Å²) >= 11 is 6.88. The second kappa shape index (κ2) is 5.14. The Kier molecular flexibility index (Phi) is 4.12. The van der Waals surface area contributed by atoms with Gasteiger partial charge in [-0.25, -0.2) is 0 Å². The monoisotopic (exact) mass is 221 g/mol. The molecule has 1 aromatic carbocycles. The first kappa shape index (κ1) is 11.2. The summed E-state index contributed by atoms with van der Waals surface area (Å²) < 4.78 is 0.803. The summed E-state index contributed by atoms with van der Waals surface area (Å²) in [5.74, 6) is 0. The van der Waals surface area contributed by atoms with Gasteiger partial charge in [-0.3, -0.25) is 0 Å². The van der Waals surface area contributed by atoms with Crippen LogP contribution in [0.15, 0.2) is 24.3 Å². The van der Waals surface area contributed by atoms with Gasteiger partial charge >= 0.3 is 0 Å². The smallest absolute Gasteiger partial charge is 0.0998 e. The molecule has 0 unspecified atom stereocenters. The molecule has 0 aliphatic carbocycles. The lowest BCUT2D eigenvalue weighted by molar-refractivity contribution is 1.12. The Balaban J connectivity index is 2.96. The van der Waals surface area contributed by atoms with E-state index in [1.165, 1.54) is 0 Å². The van der Waals surface area contributed by atoms with Crippen molar-refractivity contribution in [1.82, 2.24) is 0 Å². The third-order valence-corrected chi connectivity index (χ3v) is 3.02. The lowest BCUT2D eigenvalue weighted by Gasteiger charge is -2.07. The van der Waals surface area contributed by atoms with Crippen molar-refractivity contribution in [3.63, 3.8) is 0 Å². The molecule has 0 radical (unpaired) electrons. The maximum absolute atomic E-state index is 8.88. The minimum Gasteiger partial charge on any atom is -0.192 e. The second-order valence-electron chi connectivity index (χ2n) is 3.11. The van der Waals surface area contributed by atoms with Crippen LogP contribution in [0.5, 0.6) is 0 Å². The van der Waals surface area contributed by atoms with Crippen molar-refractivity contribution in [3.05, 3.63) is 35.4 Å². The fraction of sp³-hybridized carbons (Fsp3) is 0.273. The molecule has 0 aliphatic heterocycles. The standard InChI is InChI=1S/C11H11NS2/c1-8(2)14-11(13)10-6-4-3-5-9(10)7-12/h3-6,8H,1-2H3. The van der Waals surface area contributed by atoms with Crippen LogP contribution in [0.25, 0.3) is 0 Å². The highest BCUT2D eigenvalue weighted by Crippen LogP contribution is 2.20. The van der Waals surface area contributed by atoms with Crippen LogP contribution in [-0.2, 0) is 0 Å². The molecule has 0 bridgehead atoms. The fourth-order valence-electron chi connectivity index (χ4n) is 1.04. The zero-order chi connectivity index (χ0) is 10.6. The Hall–Kier alpha value is -0.850. The van der Waals surface area contributed by atoms with Crippen LogP contribution in [0.4, 0.5) is 0 Å². The van der Waals surface area contributed by atoms with Gasteiger partial charge in [0, 0.05) is 10.8 Å². The summed E-state index contributed by atoms with van der Waals surface area (Å²) in [5, 5.41) is 9.34. The maximum Gasteiger partial charge on any atom is 0.0998 e. The van der Waals surface area contributed by atoms with Crippen molar-refractivity contribution in [1.29, 1.82) is 5.26 Å². The van der Waals surface area contributed by atoms with Crippen molar-refractivity contribution >= 4 is 28.2 Å². The largest absolute Gasteiger partial charge is 0.192 e. The normalized spacial score (nSPS) is 9.86. The van der Waals surface area contributed by atoms with E-state index in [0.29, 0.717) is 10.8 Å². The van der Waals surface area contributed by atoms with Gasteiger partial charge in [-0.05, 0) is 6.07 Å². The molecule has 1 nitrogen and oxygen atoms in total. The minimum absolute atomic E-state index is 0.453. The maximum atomic E-state index is 8.88. The van der Waals surface area contributed by atoms with Crippen molar-refractivity contribution in [3.8, 4) is 6.07 Å². The number of benzene rings is 1. The zero-order valence-corrected chi connectivity index (χ0v) is 9.78. The molecule has 0 amide bonds. The quantitative estimate of drug-likeness (QED) is 0.715. The van der Waals surface area contributed by atoms with Gasteiger partial charge in [-0.1, -0.05) is 44.3 Å². The first-order valence-electron chi connectivity index (χ1n) is 4.35. The average molecular weight is 221 g/mol. The van der Waals surface area contributed by atoms with E-state index in [2.05, 4.69) is 19.9 Å².